The van der Waals surface area contributed by atoms with Gasteiger partial charge in [-0.3, -0.25) is 4.79 Å². The van der Waals surface area contributed by atoms with E-state index in [1.165, 1.54) is 12.5 Å². The number of aromatic nitrogens is 3. The van der Waals surface area contributed by atoms with Crippen LogP contribution in [0.4, 0.5) is 0 Å². The second-order valence-corrected chi connectivity index (χ2v) is 5.56. The SMILES string of the molecule is CC=Cc1cccc(-c2ccnc3c(C(=O)c4ccco4)cnn23)c1. The second-order valence-electron chi connectivity index (χ2n) is 5.56. The van der Waals surface area contributed by atoms with Crippen LogP contribution in [0.2, 0.25) is 0 Å². The maximum atomic E-state index is 12.6. The molecule has 0 aliphatic rings. The molecule has 3 heterocycles. The molecule has 4 aromatic rings. The van der Waals surface area contributed by atoms with Gasteiger partial charge in [-0.1, -0.05) is 30.4 Å². The summed E-state index contributed by atoms with van der Waals surface area (Å²) in [5.74, 6) is 0.0458. The molecule has 0 unspecified atom stereocenters. The molecule has 0 fully saturated rings. The van der Waals surface area contributed by atoms with Gasteiger partial charge in [0.05, 0.1) is 23.7 Å². The molecule has 3 aromatic heterocycles. The van der Waals surface area contributed by atoms with Crippen LogP contribution in [0, 0.1) is 0 Å². The molecule has 0 bridgehead atoms. The Kier molecular flexibility index (Phi) is 3.74. The van der Waals surface area contributed by atoms with Crippen molar-refractivity contribution in [3.63, 3.8) is 0 Å². The smallest absolute Gasteiger partial charge is 0.233 e. The highest BCUT2D eigenvalue weighted by atomic mass is 16.3. The summed E-state index contributed by atoms with van der Waals surface area (Å²) in [5.41, 5.74) is 3.90. The van der Waals surface area contributed by atoms with Gasteiger partial charge >= 0.3 is 0 Å². The maximum absolute atomic E-state index is 12.6. The number of benzene rings is 1. The summed E-state index contributed by atoms with van der Waals surface area (Å²) in [6, 6.07) is 13.3. The number of allylic oxidation sites excluding steroid dienone is 1. The third kappa shape index (κ3) is 2.65. The second kappa shape index (κ2) is 6.20. The Bertz CT molecular complexity index is 1080. The minimum atomic E-state index is -0.229. The summed E-state index contributed by atoms with van der Waals surface area (Å²) in [6.07, 6.45) is 8.73. The molecule has 0 radical (unpaired) electrons. The lowest BCUT2D eigenvalue weighted by Crippen LogP contribution is -2.01. The third-order valence-electron chi connectivity index (χ3n) is 3.93. The fourth-order valence-electron chi connectivity index (χ4n) is 2.80. The van der Waals surface area contributed by atoms with Gasteiger partial charge in [0.1, 0.15) is 0 Å². The molecular formula is C20H15N3O2. The summed E-state index contributed by atoms with van der Waals surface area (Å²) in [7, 11) is 0. The predicted octanol–water partition coefficient (Wildman–Crippen LogP) is 4.25. The van der Waals surface area contributed by atoms with E-state index in [2.05, 4.69) is 16.1 Å². The summed E-state index contributed by atoms with van der Waals surface area (Å²) in [5, 5.41) is 4.38. The number of furan rings is 1. The van der Waals surface area contributed by atoms with Crippen LogP contribution in [-0.4, -0.2) is 20.4 Å². The van der Waals surface area contributed by atoms with E-state index in [0.29, 0.717) is 11.2 Å². The average Bonchev–Trinajstić information content (AvgIpc) is 3.31. The van der Waals surface area contributed by atoms with Gasteiger partial charge in [-0.05, 0) is 36.8 Å². The van der Waals surface area contributed by atoms with Crippen LogP contribution in [0.3, 0.4) is 0 Å². The Balaban J connectivity index is 1.85. The molecule has 0 saturated heterocycles. The van der Waals surface area contributed by atoms with Crippen molar-refractivity contribution in [3.05, 3.63) is 84.1 Å². The minimum Gasteiger partial charge on any atom is -0.461 e. The molecule has 4 rings (SSSR count). The Morgan fingerprint density at radius 1 is 1.20 bits per heavy atom. The summed E-state index contributed by atoms with van der Waals surface area (Å²) in [6.45, 7) is 1.98. The van der Waals surface area contributed by atoms with E-state index in [4.69, 9.17) is 4.42 Å². The molecule has 5 heteroatoms. The van der Waals surface area contributed by atoms with Gasteiger partial charge in [-0.15, -0.1) is 0 Å². The standard InChI is InChI=1S/C20H15N3O2/c1-2-5-14-6-3-7-15(12-14)17-9-10-21-20-16(13-22-23(17)20)19(24)18-8-4-11-25-18/h2-13H,1H3. The highest BCUT2D eigenvalue weighted by molar-refractivity contribution is 6.10. The quantitative estimate of drug-likeness (QED) is 0.525. The topological polar surface area (TPSA) is 60.4 Å². The van der Waals surface area contributed by atoms with E-state index in [1.54, 1.807) is 22.8 Å². The summed E-state index contributed by atoms with van der Waals surface area (Å²) in [4.78, 5) is 16.9. The molecule has 0 aliphatic heterocycles. The first-order valence-corrected chi connectivity index (χ1v) is 7.92. The van der Waals surface area contributed by atoms with Crippen molar-refractivity contribution in [2.24, 2.45) is 0 Å². The van der Waals surface area contributed by atoms with E-state index >= 15 is 0 Å². The number of carbonyl (C=O) groups is 1. The largest absolute Gasteiger partial charge is 0.461 e. The molecule has 0 amide bonds. The summed E-state index contributed by atoms with van der Waals surface area (Å²) < 4.78 is 6.89. The molecule has 122 valence electrons. The van der Waals surface area contributed by atoms with Crippen LogP contribution >= 0.6 is 0 Å². The zero-order valence-electron chi connectivity index (χ0n) is 13.6. The lowest BCUT2D eigenvalue weighted by molar-refractivity contribution is 0.101. The van der Waals surface area contributed by atoms with Crippen molar-refractivity contribution in [1.82, 2.24) is 14.6 Å². The van der Waals surface area contributed by atoms with Crippen LogP contribution in [0.15, 0.2) is 71.6 Å². The highest BCUT2D eigenvalue weighted by Crippen LogP contribution is 2.23. The normalized spacial score (nSPS) is 11.4. The molecule has 1 aromatic carbocycles. The number of rotatable bonds is 4. The van der Waals surface area contributed by atoms with E-state index in [9.17, 15) is 4.79 Å². The number of hydrogen-bond donors (Lipinski definition) is 0. The first-order valence-electron chi connectivity index (χ1n) is 7.92. The first kappa shape index (κ1) is 15.1. The van der Waals surface area contributed by atoms with Gasteiger partial charge in [0.2, 0.25) is 5.78 Å². The van der Waals surface area contributed by atoms with Gasteiger partial charge in [0, 0.05) is 11.8 Å². The van der Waals surface area contributed by atoms with Gasteiger partial charge in [-0.25, -0.2) is 9.50 Å². The van der Waals surface area contributed by atoms with E-state index in [-0.39, 0.29) is 11.5 Å². The fraction of sp³-hybridized carbons (Fsp3) is 0.0500. The monoisotopic (exact) mass is 329 g/mol. The number of ketones is 1. The van der Waals surface area contributed by atoms with Gasteiger partial charge in [0.25, 0.3) is 0 Å². The first-order chi connectivity index (χ1) is 12.3. The molecule has 25 heavy (non-hydrogen) atoms. The number of carbonyl (C=O) groups excluding carboxylic acids is 1. The van der Waals surface area contributed by atoms with Crippen molar-refractivity contribution < 1.29 is 9.21 Å². The van der Waals surface area contributed by atoms with Crippen molar-refractivity contribution in [2.45, 2.75) is 6.92 Å². The Morgan fingerprint density at radius 3 is 2.92 bits per heavy atom. The fourth-order valence-corrected chi connectivity index (χ4v) is 2.80. The Hall–Kier alpha value is -3.47. The maximum Gasteiger partial charge on any atom is 0.233 e. The van der Waals surface area contributed by atoms with Crippen LogP contribution < -0.4 is 0 Å². The van der Waals surface area contributed by atoms with Crippen LogP contribution in [0.1, 0.15) is 28.6 Å². The Morgan fingerprint density at radius 2 is 2.12 bits per heavy atom. The van der Waals surface area contributed by atoms with Crippen LogP contribution in [0.25, 0.3) is 23.0 Å². The molecular weight excluding hydrogens is 314 g/mol. The number of hydrogen-bond acceptors (Lipinski definition) is 4. The van der Waals surface area contributed by atoms with E-state index < -0.39 is 0 Å². The molecule has 0 spiro atoms. The number of nitrogens with zero attached hydrogens (tertiary/aromatic N) is 3. The third-order valence-corrected chi connectivity index (χ3v) is 3.93. The lowest BCUT2D eigenvalue weighted by atomic mass is 10.1. The van der Waals surface area contributed by atoms with E-state index in [1.807, 2.05) is 43.3 Å². The zero-order chi connectivity index (χ0) is 17.2. The molecule has 0 saturated carbocycles. The molecule has 0 atom stereocenters. The summed E-state index contributed by atoms with van der Waals surface area (Å²) >= 11 is 0. The van der Waals surface area contributed by atoms with Crippen molar-refractivity contribution in [1.29, 1.82) is 0 Å². The van der Waals surface area contributed by atoms with Gasteiger partial charge in [-0.2, -0.15) is 5.10 Å². The van der Waals surface area contributed by atoms with Crippen molar-refractivity contribution in [2.75, 3.05) is 0 Å². The van der Waals surface area contributed by atoms with E-state index in [0.717, 1.165) is 16.8 Å². The van der Waals surface area contributed by atoms with Crippen molar-refractivity contribution in [3.8, 4) is 11.3 Å². The van der Waals surface area contributed by atoms with Crippen LogP contribution in [-0.2, 0) is 0 Å². The number of fused-ring (bicyclic) bond motifs is 1. The van der Waals surface area contributed by atoms with Gasteiger partial charge in [0.15, 0.2) is 11.4 Å². The predicted molar refractivity (Wildman–Crippen MR) is 95.3 cm³/mol. The van der Waals surface area contributed by atoms with Crippen molar-refractivity contribution >= 4 is 17.5 Å². The van der Waals surface area contributed by atoms with Gasteiger partial charge < -0.3 is 4.42 Å². The average molecular weight is 329 g/mol. The van der Waals surface area contributed by atoms with Crippen LogP contribution in [0.5, 0.6) is 0 Å². The molecule has 0 aliphatic carbocycles. The molecule has 5 nitrogen and oxygen atoms in total. The highest BCUT2D eigenvalue weighted by Gasteiger charge is 2.19. The minimum absolute atomic E-state index is 0.229. The molecule has 0 N–H and O–H groups in total. The zero-order valence-corrected chi connectivity index (χ0v) is 13.6. The lowest BCUT2D eigenvalue weighted by Gasteiger charge is -2.06. The Labute approximate surface area is 144 Å².